The van der Waals surface area contributed by atoms with Gasteiger partial charge in [0.2, 0.25) is 0 Å². The Kier molecular flexibility index (Phi) is 4.25. The molecule has 0 aliphatic rings. The lowest BCUT2D eigenvalue weighted by molar-refractivity contribution is -0.150. The van der Waals surface area contributed by atoms with Crippen LogP contribution in [-0.4, -0.2) is 16.2 Å². The minimum absolute atomic E-state index is 0.0636. The zero-order valence-corrected chi connectivity index (χ0v) is 9.94. The first kappa shape index (κ1) is 16.6. The number of alkyl halides is 6. The van der Waals surface area contributed by atoms with Crippen molar-refractivity contribution in [1.82, 2.24) is 0 Å². The van der Waals surface area contributed by atoms with Crippen LogP contribution in [0.15, 0.2) is 12.1 Å². The van der Waals surface area contributed by atoms with Gasteiger partial charge in [0.1, 0.15) is 0 Å². The summed E-state index contributed by atoms with van der Waals surface area (Å²) in [6.45, 7) is 0. The zero-order chi connectivity index (χ0) is 15.9. The van der Waals surface area contributed by atoms with Crippen molar-refractivity contribution in [3.05, 3.63) is 33.8 Å². The Bertz CT molecular complexity index is 537. The van der Waals surface area contributed by atoms with Crippen LogP contribution in [0.4, 0.5) is 26.3 Å². The van der Waals surface area contributed by atoms with E-state index in [9.17, 15) is 31.1 Å². The van der Waals surface area contributed by atoms with Gasteiger partial charge in [0, 0.05) is 5.56 Å². The molecule has 0 saturated carbocycles. The number of aliphatic carboxylic acids is 1. The summed E-state index contributed by atoms with van der Waals surface area (Å²) in [5.74, 6) is -2.12. The molecule has 112 valence electrons. The Morgan fingerprint density at radius 3 is 1.85 bits per heavy atom. The highest BCUT2D eigenvalue weighted by Crippen LogP contribution is 2.42. The first-order valence-electron chi connectivity index (χ1n) is 4.74. The number of aliphatic hydroxyl groups excluding tert-OH is 1. The largest absolute Gasteiger partial charge is 0.479 e. The number of aliphatic hydroxyl groups is 1. The molecule has 0 saturated heterocycles. The topological polar surface area (TPSA) is 57.5 Å². The molecule has 1 aromatic rings. The summed E-state index contributed by atoms with van der Waals surface area (Å²) in [5, 5.41) is 16.3. The fourth-order valence-corrected chi connectivity index (χ4v) is 1.68. The summed E-state index contributed by atoms with van der Waals surface area (Å²) in [4.78, 5) is 10.5. The van der Waals surface area contributed by atoms with Crippen molar-refractivity contribution in [2.24, 2.45) is 0 Å². The fourth-order valence-electron chi connectivity index (χ4n) is 1.41. The van der Waals surface area contributed by atoms with Crippen LogP contribution < -0.4 is 0 Å². The van der Waals surface area contributed by atoms with E-state index in [1.807, 2.05) is 0 Å². The van der Waals surface area contributed by atoms with E-state index < -0.39 is 46.1 Å². The summed E-state index contributed by atoms with van der Waals surface area (Å²) >= 11 is 5.13. The number of carboxylic acids is 1. The lowest BCUT2D eigenvalue weighted by atomic mass is 9.98. The molecule has 1 atom stereocenters. The first-order valence-corrected chi connectivity index (χ1v) is 5.12. The molecule has 3 nitrogen and oxygen atoms in total. The van der Waals surface area contributed by atoms with Crippen molar-refractivity contribution in [2.45, 2.75) is 18.5 Å². The Labute approximate surface area is 112 Å². The van der Waals surface area contributed by atoms with E-state index in [0.29, 0.717) is 0 Å². The van der Waals surface area contributed by atoms with Crippen LogP contribution in [0.3, 0.4) is 0 Å². The van der Waals surface area contributed by atoms with Crippen LogP contribution in [0.2, 0.25) is 5.02 Å². The van der Waals surface area contributed by atoms with Gasteiger partial charge in [-0.3, -0.25) is 0 Å². The molecule has 0 aliphatic carbocycles. The van der Waals surface area contributed by atoms with Gasteiger partial charge in [-0.05, 0) is 12.1 Å². The second kappa shape index (κ2) is 5.13. The lowest BCUT2D eigenvalue weighted by Gasteiger charge is -2.18. The van der Waals surface area contributed by atoms with Gasteiger partial charge in [-0.1, -0.05) is 11.6 Å². The second-order valence-electron chi connectivity index (χ2n) is 3.66. The fraction of sp³-hybridized carbons (Fsp3) is 0.300. The van der Waals surface area contributed by atoms with Crippen LogP contribution in [0.25, 0.3) is 0 Å². The van der Waals surface area contributed by atoms with Gasteiger partial charge in [-0.15, -0.1) is 0 Å². The molecule has 0 fully saturated rings. The molecule has 1 rings (SSSR count). The molecule has 20 heavy (non-hydrogen) atoms. The van der Waals surface area contributed by atoms with Gasteiger partial charge < -0.3 is 10.2 Å². The van der Waals surface area contributed by atoms with E-state index in [0.717, 1.165) is 0 Å². The summed E-state index contributed by atoms with van der Waals surface area (Å²) in [6, 6.07) is -0.185. The smallest absolute Gasteiger partial charge is 0.417 e. The number of carbonyl (C=O) groups is 1. The Balaban J connectivity index is 3.63. The molecule has 1 unspecified atom stereocenters. The van der Waals surface area contributed by atoms with Gasteiger partial charge in [-0.2, -0.15) is 26.3 Å². The molecule has 2 N–H and O–H groups in total. The average molecular weight is 323 g/mol. The normalized spacial score (nSPS) is 14.2. The number of carboxylic acid groups (broad SMARTS) is 1. The summed E-state index contributed by atoms with van der Waals surface area (Å²) < 4.78 is 75.5. The Hall–Kier alpha value is -1.48. The number of benzene rings is 1. The average Bonchev–Trinajstić information content (AvgIpc) is 2.24. The zero-order valence-electron chi connectivity index (χ0n) is 9.18. The number of rotatable bonds is 2. The summed E-state index contributed by atoms with van der Waals surface area (Å²) in [6.07, 6.45) is -13.0. The predicted octanol–water partition coefficient (Wildman–Crippen LogP) is 3.50. The lowest BCUT2D eigenvalue weighted by Crippen LogP contribution is -2.19. The van der Waals surface area contributed by atoms with Gasteiger partial charge in [0.15, 0.2) is 6.10 Å². The van der Waals surface area contributed by atoms with Crippen molar-refractivity contribution < 1.29 is 41.4 Å². The van der Waals surface area contributed by atoms with Crippen LogP contribution in [-0.2, 0) is 17.1 Å². The molecule has 0 bridgehead atoms. The molecule has 0 aromatic heterocycles. The maximum absolute atomic E-state index is 12.6. The van der Waals surface area contributed by atoms with Crippen molar-refractivity contribution in [1.29, 1.82) is 0 Å². The van der Waals surface area contributed by atoms with E-state index in [2.05, 4.69) is 0 Å². The highest BCUT2D eigenvalue weighted by atomic mass is 35.5. The maximum atomic E-state index is 12.6. The molecule has 0 amide bonds. The number of halogens is 7. The van der Waals surface area contributed by atoms with E-state index in [1.54, 1.807) is 0 Å². The standard InChI is InChI=1S/C10H5ClF6O3/c11-6-2-4(9(12,13)14)3(7(18)8(19)20)1-5(6)10(15,16)17/h1-2,7,18H,(H,19,20). The van der Waals surface area contributed by atoms with Crippen molar-refractivity contribution in [2.75, 3.05) is 0 Å². The molecule has 0 spiro atoms. The van der Waals surface area contributed by atoms with E-state index in [-0.39, 0.29) is 12.1 Å². The van der Waals surface area contributed by atoms with Crippen LogP contribution in [0, 0.1) is 0 Å². The first-order chi connectivity index (χ1) is 8.85. The van der Waals surface area contributed by atoms with Crippen LogP contribution >= 0.6 is 11.6 Å². The predicted molar refractivity (Wildman–Crippen MR) is 54.1 cm³/mol. The van der Waals surface area contributed by atoms with Gasteiger partial charge in [0.05, 0.1) is 16.1 Å². The molecule has 0 radical (unpaired) electrons. The van der Waals surface area contributed by atoms with E-state index in [1.165, 1.54) is 0 Å². The minimum Gasteiger partial charge on any atom is -0.479 e. The highest BCUT2D eigenvalue weighted by molar-refractivity contribution is 6.31. The maximum Gasteiger partial charge on any atom is 0.417 e. The molecule has 0 aliphatic heterocycles. The molecular formula is C10H5ClF6O3. The Morgan fingerprint density at radius 2 is 1.50 bits per heavy atom. The van der Waals surface area contributed by atoms with Crippen molar-refractivity contribution in [3.8, 4) is 0 Å². The van der Waals surface area contributed by atoms with Gasteiger partial charge >= 0.3 is 18.3 Å². The second-order valence-corrected chi connectivity index (χ2v) is 4.06. The third-order valence-corrected chi connectivity index (χ3v) is 2.59. The third kappa shape index (κ3) is 3.34. The minimum atomic E-state index is -5.17. The number of hydrogen-bond donors (Lipinski definition) is 2. The SMILES string of the molecule is O=C(O)C(O)c1cc(C(F)(F)F)c(Cl)cc1C(F)(F)F. The van der Waals surface area contributed by atoms with E-state index in [4.69, 9.17) is 21.8 Å². The van der Waals surface area contributed by atoms with Crippen LogP contribution in [0.1, 0.15) is 22.8 Å². The van der Waals surface area contributed by atoms with Gasteiger partial charge in [-0.25, -0.2) is 4.79 Å². The van der Waals surface area contributed by atoms with Crippen molar-refractivity contribution >= 4 is 17.6 Å². The molecule has 0 heterocycles. The third-order valence-electron chi connectivity index (χ3n) is 2.28. The molecule has 10 heteroatoms. The van der Waals surface area contributed by atoms with Crippen LogP contribution in [0.5, 0.6) is 0 Å². The summed E-state index contributed by atoms with van der Waals surface area (Å²) in [7, 11) is 0. The van der Waals surface area contributed by atoms with E-state index >= 15 is 0 Å². The molecule has 1 aromatic carbocycles. The molecular weight excluding hydrogens is 318 g/mol. The Morgan fingerprint density at radius 1 is 1.05 bits per heavy atom. The summed E-state index contributed by atoms with van der Waals surface area (Å²) in [5.41, 5.74) is -4.84. The quantitative estimate of drug-likeness (QED) is 0.819. The monoisotopic (exact) mass is 322 g/mol. The van der Waals surface area contributed by atoms with Gasteiger partial charge in [0.25, 0.3) is 0 Å². The highest BCUT2D eigenvalue weighted by Gasteiger charge is 2.41. The number of hydrogen-bond acceptors (Lipinski definition) is 2. The van der Waals surface area contributed by atoms with Crippen molar-refractivity contribution in [3.63, 3.8) is 0 Å².